The fourth-order valence-electron chi connectivity index (χ4n) is 9.58. The van der Waals surface area contributed by atoms with Crippen LogP contribution in [0.1, 0.15) is 76.2 Å². The predicted molar refractivity (Wildman–Crippen MR) is 304 cm³/mol. The fourth-order valence-corrected chi connectivity index (χ4v) is 14.0. The summed E-state index contributed by atoms with van der Waals surface area (Å²) in [7, 11) is -9.54. The maximum atomic E-state index is 14.4. The molecule has 0 bridgehead atoms. The van der Waals surface area contributed by atoms with Gasteiger partial charge in [0.15, 0.2) is 0 Å². The zero-order valence-corrected chi connectivity index (χ0v) is 48.9. The van der Waals surface area contributed by atoms with E-state index in [0.29, 0.717) is 50.5 Å². The normalized spacial score (nSPS) is 18.1. The zero-order valence-electron chi connectivity index (χ0n) is 44.8. The van der Waals surface area contributed by atoms with Crippen LogP contribution in [-0.2, 0) is 32.9 Å². The average molecular weight is 1180 g/mol. The number of thioether (sulfide) groups is 1. The molecule has 2 fully saturated rings. The second-order valence-corrected chi connectivity index (χ2v) is 26.9. The van der Waals surface area contributed by atoms with E-state index in [1.54, 1.807) is 32.9 Å². The summed E-state index contributed by atoms with van der Waals surface area (Å²) in [5.41, 5.74) is -0.134. The fraction of sp³-hybridized carbons (Fsp3) is 0.491. The van der Waals surface area contributed by atoms with E-state index < -0.39 is 58.8 Å². The van der Waals surface area contributed by atoms with Crippen molar-refractivity contribution in [3.8, 4) is 0 Å². The van der Waals surface area contributed by atoms with Gasteiger partial charge in [-0.25, -0.2) is 13.2 Å². The largest absolute Gasteiger partial charge is 0.510 e. The molecule has 7 rings (SSSR count). The maximum Gasteiger partial charge on any atom is 0.510 e. The Morgan fingerprint density at radius 2 is 1.51 bits per heavy atom. The molecule has 0 aromatic heterocycles. The zero-order chi connectivity index (χ0) is 56.1. The first-order valence-corrected chi connectivity index (χ1v) is 31.6. The molecule has 3 aliphatic rings. The predicted octanol–water partition coefficient (Wildman–Crippen LogP) is 12.2. The summed E-state index contributed by atoms with van der Waals surface area (Å²) in [6.07, 6.45) is 2.25. The van der Waals surface area contributed by atoms with Gasteiger partial charge in [0, 0.05) is 103 Å². The third kappa shape index (κ3) is 17.9. The lowest BCUT2D eigenvalue weighted by atomic mass is 9.73. The Kier molecular flexibility index (Phi) is 22.0. The molecule has 1 amide bonds. The number of benzene rings is 4. The highest BCUT2D eigenvalue weighted by molar-refractivity contribution is 7.99. The number of anilines is 2. The maximum absolute atomic E-state index is 14.4. The van der Waals surface area contributed by atoms with Gasteiger partial charge in [0.2, 0.25) is 6.79 Å². The summed E-state index contributed by atoms with van der Waals surface area (Å²) in [5, 5.41) is 3.88. The number of allylic oxidation sites excluding steroid dienone is 1. The van der Waals surface area contributed by atoms with Gasteiger partial charge in [-0.3, -0.25) is 28.4 Å². The van der Waals surface area contributed by atoms with E-state index in [1.807, 2.05) is 59.5 Å². The number of alkyl halides is 3. The molecule has 2 aliphatic heterocycles. The number of piperazine rings is 2. The summed E-state index contributed by atoms with van der Waals surface area (Å²) in [6, 6.07) is 28.0. The second-order valence-electron chi connectivity index (χ2n) is 20.6. The lowest BCUT2D eigenvalue weighted by molar-refractivity contribution is -0.0436. The van der Waals surface area contributed by atoms with Crippen molar-refractivity contribution in [1.29, 1.82) is 0 Å². The van der Waals surface area contributed by atoms with Gasteiger partial charge in [0.05, 0.1) is 18.4 Å². The van der Waals surface area contributed by atoms with Crippen molar-refractivity contribution in [1.82, 2.24) is 19.4 Å². The van der Waals surface area contributed by atoms with Crippen molar-refractivity contribution in [2.75, 3.05) is 101 Å². The molecule has 1 aliphatic carbocycles. The Bertz CT molecular complexity index is 2820. The minimum Gasteiger partial charge on any atom is -0.432 e. The van der Waals surface area contributed by atoms with Gasteiger partial charge in [0.1, 0.15) is 11.2 Å². The van der Waals surface area contributed by atoms with Crippen molar-refractivity contribution in [2.24, 2.45) is 5.41 Å². The molecule has 15 nitrogen and oxygen atoms in total. The van der Waals surface area contributed by atoms with Crippen LogP contribution in [0.15, 0.2) is 117 Å². The van der Waals surface area contributed by atoms with Crippen LogP contribution in [0.3, 0.4) is 0 Å². The van der Waals surface area contributed by atoms with Gasteiger partial charge in [-0.1, -0.05) is 61.4 Å². The highest BCUT2D eigenvalue weighted by atomic mass is 35.5. The van der Waals surface area contributed by atoms with E-state index in [0.717, 1.165) is 85.6 Å². The van der Waals surface area contributed by atoms with Crippen molar-refractivity contribution in [3.63, 3.8) is 0 Å². The molecular weight excluding hydrogens is 1110 g/mol. The van der Waals surface area contributed by atoms with E-state index in [9.17, 15) is 35.7 Å². The number of hydrogen-bond donors (Lipinski definition) is 2. The lowest BCUT2D eigenvalue weighted by Crippen LogP contribution is -2.47. The number of hydrogen-bond acceptors (Lipinski definition) is 16. The molecule has 2 N–H and O–H groups in total. The van der Waals surface area contributed by atoms with Crippen LogP contribution >= 0.6 is 42.9 Å². The van der Waals surface area contributed by atoms with Gasteiger partial charge in [0.25, 0.3) is 15.7 Å². The number of rotatable bonds is 24. The quantitative estimate of drug-likeness (QED) is 0.0224. The summed E-state index contributed by atoms with van der Waals surface area (Å²) >= 11 is 8.43. The van der Waals surface area contributed by atoms with Crippen LogP contribution < -0.4 is 14.9 Å². The summed E-state index contributed by atoms with van der Waals surface area (Å²) in [5.74, 6) is -0.104. The highest BCUT2D eigenvalue weighted by Gasteiger charge is 2.48. The number of carbonyl (C=O) groups is 2. The van der Waals surface area contributed by atoms with E-state index in [4.69, 9.17) is 30.1 Å². The molecule has 78 heavy (non-hydrogen) atoms. The number of halogens is 4. The average Bonchev–Trinajstić information content (AvgIpc) is 3.43. The van der Waals surface area contributed by atoms with Gasteiger partial charge in [-0.05, 0) is 142 Å². The highest BCUT2D eigenvalue weighted by Crippen LogP contribution is 2.49. The standard InChI is InChI=1S/C55H71ClF3N6O9PS3/c1-6-72-75(68,73-39-71-53(67)74-40(2)3)38-64-28-26-62(27-29-64)25-23-45(37-76-47-10-8-7-9-11-47)60-50-21-20-48(34-51(50)78(69,70)55(57,58)59)77-61-52(66)42-14-18-46(19-15-42)65-32-30-63(31-33-65)36-43-35-54(4,5)24-22-49(43)41-12-16-44(56)17-13-41/h7-21,34,40,45,60H,6,22-33,35-39H2,1-5H3,(H,61,66)/t45-,75?/m1/s1. The number of nitrogens with one attached hydrogen (secondary N) is 2. The van der Waals surface area contributed by atoms with Gasteiger partial charge in [-0.2, -0.15) is 13.2 Å². The molecule has 2 saturated heterocycles. The third-order valence-electron chi connectivity index (χ3n) is 13.7. The number of ether oxygens (including phenoxy) is 2. The van der Waals surface area contributed by atoms with Gasteiger partial charge in [-0.15, -0.1) is 11.8 Å². The monoisotopic (exact) mass is 1180 g/mol. The molecule has 0 saturated carbocycles. The van der Waals surface area contributed by atoms with E-state index >= 15 is 0 Å². The van der Waals surface area contributed by atoms with Crippen LogP contribution in [0.4, 0.5) is 29.3 Å². The first-order valence-electron chi connectivity index (χ1n) is 26.2. The number of nitrogens with zero attached hydrogens (tertiary/aromatic N) is 4. The topological polar surface area (TPSA) is 159 Å². The Labute approximate surface area is 470 Å². The molecule has 0 spiro atoms. The van der Waals surface area contributed by atoms with Crippen LogP contribution in [-0.4, -0.2) is 144 Å². The Morgan fingerprint density at radius 1 is 0.846 bits per heavy atom. The smallest absolute Gasteiger partial charge is 0.432 e. The van der Waals surface area contributed by atoms with Crippen LogP contribution in [0, 0.1) is 5.41 Å². The minimum atomic E-state index is -5.86. The van der Waals surface area contributed by atoms with Crippen LogP contribution in [0.5, 0.6) is 0 Å². The number of amides is 1. The Balaban J connectivity index is 0.953. The summed E-state index contributed by atoms with van der Waals surface area (Å²) < 4.78 is 107. The van der Waals surface area contributed by atoms with E-state index in [2.05, 4.69) is 50.7 Å². The first kappa shape index (κ1) is 61.3. The SMILES string of the molecule is CCOP(=O)(CN1CCN(CC[C@H](CSc2ccccc2)Nc2ccc(SNC(=O)c3ccc(N4CCN(CC5=C(c6ccc(Cl)cc6)CCC(C)(C)C5)CC4)cc3)cc2S(=O)(=O)C(F)(F)F)CC1)OCOC(=O)OC(C)C. The number of sulfone groups is 1. The van der Waals surface area contributed by atoms with E-state index in [-0.39, 0.29) is 28.9 Å². The van der Waals surface area contributed by atoms with Crippen molar-refractivity contribution < 1.29 is 54.3 Å². The minimum absolute atomic E-state index is 0.0397. The first-order chi connectivity index (χ1) is 37.1. The van der Waals surface area contributed by atoms with Gasteiger partial charge < -0.3 is 29.1 Å². The molecule has 1 unspecified atom stereocenters. The Hall–Kier alpha value is -4.28. The van der Waals surface area contributed by atoms with E-state index in [1.165, 1.54) is 40.6 Å². The lowest BCUT2D eigenvalue weighted by Gasteiger charge is -2.39. The van der Waals surface area contributed by atoms with Crippen molar-refractivity contribution in [3.05, 3.63) is 119 Å². The molecule has 4 aromatic carbocycles. The molecule has 2 heterocycles. The Morgan fingerprint density at radius 3 is 2.17 bits per heavy atom. The molecule has 4 aromatic rings. The van der Waals surface area contributed by atoms with Crippen molar-refractivity contribution >= 4 is 81.8 Å². The van der Waals surface area contributed by atoms with Crippen molar-refractivity contribution in [2.45, 2.75) is 92.6 Å². The van der Waals surface area contributed by atoms with Crippen LogP contribution in [0.2, 0.25) is 5.02 Å². The molecule has 0 radical (unpaired) electrons. The summed E-state index contributed by atoms with van der Waals surface area (Å²) in [6.45, 7) is 16.1. The molecule has 2 atom stereocenters. The molecular formula is C55H71ClF3N6O9PS3. The second kappa shape index (κ2) is 27.9. The number of carbonyl (C=O) groups excluding carboxylic acids is 2. The molecule has 426 valence electrons. The summed E-state index contributed by atoms with van der Waals surface area (Å²) in [4.78, 5) is 34.2. The third-order valence-corrected chi connectivity index (χ3v) is 19.3. The van der Waals surface area contributed by atoms with Crippen LogP contribution in [0.25, 0.3) is 5.57 Å². The molecule has 23 heteroatoms. The van der Waals surface area contributed by atoms with Gasteiger partial charge >= 0.3 is 19.3 Å².